The van der Waals surface area contributed by atoms with Crippen molar-refractivity contribution in [2.75, 3.05) is 19.3 Å². The first-order valence-electron chi connectivity index (χ1n) is 4.84. The Balaban J connectivity index is 2.68. The van der Waals surface area contributed by atoms with Crippen LogP contribution in [0.2, 0.25) is 0 Å². The van der Waals surface area contributed by atoms with Crippen LogP contribution in [-0.2, 0) is 0 Å². The van der Waals surface area contributed by atoms with E-state index < -0.39 is 25.0 Å². The van der Waals surface area contributed by atoms with Crippen LogP contribution in [0, 0.1) is 0 Å². The summed E-state index contributed by atoms with van der Waals surface area (Å²) in [5.41, 5.74) is 5.57. The van der Waals surface area contributed by atoms with Crippen LogP contribution in [0.5, 0.6) is 0 Å². The molecule has 1 heterocycles. The van der Waals surface area contributed by atoms with Gasteiger partial charge in [-0.2, -0.15) is 13.2 Å². The van der Waals surface area contributed by atoms with Crippen molar-refractivity contribution in [3.63, 3.8) is 0 Å². The molecule has 0 aliphatic carbocycles. The van der Waals surface area contributed by atoms with E-state index in [1.807, 2.05) is 0 Å². The molecule has 1 aromatic rings. The number of rotatable bonds is 3. The quantitative estimate of drug-likeness (QED) is 0.884. The van der Waals surface area contributed by atoms with Gasteiger partial charge in [0.05, 0.1) is 12.0 Å². The molecular formula is C10H12F3N3O. The first-order chi connectivity index (χ1) is 7.81. The third-order valence-corrected chi connectivity index (χ3v) is 2.15. The summed E-state index contributed by atoms with van der Waals surface area (Å²) in [4.78, 5) is 16.4. The van der Waals surface area contributed by atoms with E-state index in [9.17, 15) is 18.0 Å². The minimum absolute atomic E-state index is 0.0105. The summed E-state index contributed by atoms with van der Waals surface area (Å²) in [6, 6.07) is 2.93. The summed E-state index contributed by atoms with van der Waals surface area (Å²) in [7, 11) is 1.29. The molecule has 0 radical (unpaired) electrons. The van der Waals surface area contributed by atoms with Crippen molar-refractivity contribution < 1.29 is 18.0 Å². The lowest BCUT2D eigenvalue weighted by Gasteiger charge is -2.18. The fourth-order valence-corrected chi connectivity index (χ4v) is 1.20. The first-order valence-corrected chi connectivity index (χ1v) is 4.84. The normalized spacial score (nSPS) is 11.3. The van der Waals surface area contributed by atoms with Crippen molar-refractivity contribution >= 4 is 11.7 Å². The molecule has 94 valence electrons. The van der Waals surface area contributed by atoms with Gasteiger partial charge in [-0.25, -0.2) is 4.98 Å². The van der Waals surface area contributed by atoms with E-state index in [1.165, 1.54) is 25.4 Å². The Morgan fingerprint density at radius 1 is 1.53 bits per heavy atom. The Morgan fingerprint density at radius 2 is 2.18 bits per heavy atom. The molecule has 0 atom stereocenters. The second-order valence-electron chi connectivity index (χ2n) is 3.53. The lowest BCUT2D eigenvalue weighted by Crippen LogP contribution is -2.31. The topological polar surface area (TPSA) is 59.2 Å². The van der Waals surface area contributed by atoms with Gasteiger partial charge in [-0.15, -0.1) is 0 Å². The molecule has 0 bridgehead atoms. The molecule has 0 fully saturated rings. The summed E-state index contributed by atoms with van der Waals surface area (Å²) >= 11 is 0. The van der Waals surface area contributed by atoms with Crippen LogP contribution in [0.4, 0.5) is 19.0 Å². The zero-order chi connectivity index (χ0) is 13.1. The number of nitrogens with zero attached hydrogens (tertiary/aromatic N) is 2. The molecular weight excluding hydrogens is 235 g/mol. The lowest BCUT2D eigenvalue weighted by atomic mass is 10.2. The molecule has 1 aromatic heterocycles. The van der Waals surface area contributed by atoms with Crippen molar-refractivity contribution in [1.82, 2.24) is 9.88 Å². The number of carbonyl (C=O) groups excluding carboxylic acids is 1. The second-order valence-corrected chi connectivity index (χ2v) is 3.53. The number of carbonyl (C=O) groups is 1. The summed E-state index contributed by atoms with van der Waals surface area (Å²) in [5, 5.41) is 0. The maximum atomic E-state index is 12.0. The third kappa shape index (κ3) is 3.93. The van der Waals surface area contributed by atoms with Crippen molar-refractivity contribution in [3.05, 3.63) is 23.9 Å². The highest BCUT2D eigenvalue weighted by atomic mass is 19.4. The minimum atomic E-state index is -4.28. The van der Waals surface area contributed by atoms with Gasteiger partial charge in [0.25, 0.3) is 5.91 Å². The largest absolute Gasteiger partial charge is 0.390 e. The molecule has 0 unspecified atom stereocenters. The number of nitrogens with two attached hydrogens (primary N) is 1. The first kappa shape index (κ1) is 13.3. The molecule has 1 rings (SSSR count). The molecule has 7 heteroatoms. The summed E-state index contributed by atoms with van der Waals surface area (Å²) in [6.45, 7) is -0.406. The SMILES string of the molecule is CN(CCC(F)(F)F)C(=O)c1cccnc1N. The summed E-state index contributed by atoms with van der Waals surface area (Å²) < 4.78 is 36.0. The second kappa shape index (κ2) is 5.03. The van der Waals surface area contributed by atoms with E-state index in [-0.39, 0.29) is 11.4 Å². The van der Waals surface area contributed by atoms with Crippen LogP contribution in [-0.4, -0.2) is 35.6 Å². The maximum Gasteiger partial charge on any atom is 0.390 e. The van der Waals surface area contributed by atoms with Gasteiger partial charge in [-0.05, 0) is 12.1 Å². The fraction of sp³-hybridized carbons (Fsp3) is 0.400. The molecule has 1 amide bonds. The van der Waals surface area contributed by atoms with Crippen LogP contribution in [0.25, 0.3) is 0 Å². The van der Waals surface area contributed by atoms with Gasteiger partial charge in [0, 0.05) is 19.8 Å². The molecule has 0 saturated carbocycles. The zero-order valence-corrected chi connectivity index (χ0v) is 9.16. The van der Waals surface area contributed by atoms with E-state index >= 15 is 0 Å². The Kier molecular flexibility index (Phi) is 3.93. The van der Waals surface area contributed by atoms with Crippen LogP contribution < -0.4 is 5.73 Å². The lowest BCUT2D eigenvalue weighted by molar-refractivity contribution is -0.136. The Morgan fingerprint density at radius 3 is 2.71 bits per heavy atom. The van der Waals surface area contributed by atoms with Gasteiger partial charge in [0.1, 0.15) is 5.82 Å². The van der Waals surface area contributed by atoms with Crippen molar-refractivity contribution in [2.24, 2.45) is 0 Å². The predicted octanol–water partition coefficient (Wildman–Crippen LogP) is 1.69. The van der Waals surface area contributed by atoms with Gasteiger partial charge in [0.15, 0.2) is 0 Å². The van der Waals surface area contributed by atoms with E-state index in [4.69, 9.17) is 5.73 Å². The standard InChI is InChI=1S/C10H12F3N3O/c1-16(6-4-10(11,12)13)9(17)7-3-2-5-15-8(7)14/h2-3,5H,4,6H2,1H3,(H2,14,15). The molecule has 0 aliphatic rings. The Hall–Kier alpha value is -1.79. The molecule has 4 nitrogen and oxygen atoms in total. The predicted molar refractivity (Wildman–Crippen MR) is 56.3 cm³/mol. The molecule has 0 aromatic carbocycles. The van der Waals surface area contributed by atoms with Crippen molar-refractivity contribution in [2.45, 2.75) is 12.6 Å². The Labute approximate surface area is 96.2 Å². The van der Waals surface area contributed by atoms with Gasteiger partial charge in [0.2, 0.25) is 0 Å². The number of alkyl halides is 3. The average Bonchev–Trinajstić information content (AvgIpc) is 2.24. The highest BCUT2D eigenvalue weighted by Gasteiger charge is 2.28. The molecule has 17 heavy (non-hydrogen) atoms. The monoisotopic (exact) mass is 247 g/mol. The number of hydrogen-bond acceptors (Lipinski definition) is 3. The van der Waals surface area contributed by atoms with Gasteiger partial charge >= 0.3 is 6.18 Å². The van der Waals surface area contributed by atoms with Crippen molar-refractivity contribution in [1.29, 1.82) is 0 Å². The van der Waals surface area contributed by atoms with Crippen LogP contribution >= 0.6 is 0 Å². The molecule has 0 saturated heterocycles. The minimum Gasteiger partial charge on any atom is -0.383 e. The smallest absolute Gasteiger partial charge is 0.383 e. The Bertz CT molecular complexity index is 406. The summed E-state index contributed by atoms with van der Waals surface area (Å²) in [6.07, 6.45) is -3.92. The van der Waals surface area contributed by atoms with Gasteiger partial charge in [-0.1, -0.05) is 0 Å². The highest BCUT2D eigenvalue weighted by Crippen LogP contribution is 2.20. The van der Waals surface area contributed by atoms with Gasteiger partial charge < -0.3 is 10.6 Å². The van der Waals surface area contributed by atoms with Crippen LogP contribution in [0.1, 0.15) is 16.8 Å². The molecule has 0 aliphatic heterocycles. The fourth-order valence-electron chi connectivity index (χ4n) is 1.20. The zero-order valence-electron chi connectivity index (χ0n) is 9.16. The van der Waals surface area contributed by atoms with Crippen molar-refractivity contribution in [3.8, 4) is 0 Å². The van der Waals surface area contributed by atoms with E-state index in [2.05, 4.69) is 4.98 Å². The average molecular weight is 247 g/mol. The maximum absolute atomic E-state index is 12.0. The van der Waals surface area contributed by atoms with Gasteiger partial charge in [-0.3, -0.25) is 4.79 Å². The number of aromatic nitrogens is 1. The van der Waals surface area contributed by atoms with Crippen LogP contribution in [0.15, 0.2) is 18.3 Å². The molecule has 2 N–H and O–H groups in total. The van der Waals surface area contributed by atoms with E-state index in [0.29, 0.717) is 0 Å². The number of anilines is 1. The summed E-state index contributed by atoms with van der Waals surface area (Å²) in [5.74, 6) is -0.559. The number of hydrogen-bond donors (Lipinski definition) is 1. The number of nitrogen functional groups attached to an aromatic ring is 1. The number of amides is 1. The number of pyridine rings is 1. The van der Waals surface area contributed by atoms with E-state index in [0.717, 1.165) is 4.90 Å². The molecule has 0 spiro atoms. The third-order valence-electron chi connectivity index (χ3n) is 2.15. The highest BCUT2D eigenvalue weighted by molar-refractivity contribution is 5.98. The van der Waals surface area contributed by atoms with E-state index in [1.54, 1.807) is 0 Å². The number of halogens is 3. The van der Waals surface area contributed by atoms with Crippen LogP contribution in [0.3, 0.4) is 0 Å².